The van der Waals surface area contributed by atoms with Gasteiger partial charge in [0.15, 0.2) is 5.65 Å². The third kappa shape index (κ3) is 2.98. The lowest BCUT2D eigenvalue weighted by atomic mass is 10.2. The lowest BCUT2D eigenvalue weighted by molar-refractivity contribution is 0.0948. The van der Waals surface area contributed by atoms with Crippen molar-refractivity contribution in [2.24, 2.45) is 0 Å². The molecular formula is C16H13FN4O3S. The Morgan fingerprint density at radius 2 is 2.20 bits per heavy atom. The Morgan fingerprint density at radius 1 is 1.32 bits per heavy atom. The first-order chi connectivity index (χ1) is 12.1. The zero-order chi connectivity index (χ0) is 17.4. The van der Waals surface area contributed by atoms with Gasteiger partial charge in [-0.2, -0.15) is 5.10 Å². The third-order valence-corrected chi connectivity index (χ3v) is 5.04. The van der Waals surface area contributed by atoms with E-state index in [-0.39, 0.29) is 29.8 Å². The molecule has 0 aliphatic carbocycles. The van der Waals surface area contributed by atoms with Crippen LogP contribution in [0.2, 0.25) is 0 Å². The molecule has 1 aliphatic heterocycles. The largest absolute Gasteiger partial charge is 0.491 e. The number of hydrogen-bond acceptors (Lipinski definition) is 5. The van der Waals surface area contributed by atoms with Gasteiger partial charge in [-0.25, -0.2) is 13.9 Å². The van der Waals surface area contributed by atoms with Crippen LogP contribution < -0.4 is 10.1 Å². The molecule has 2 aromatic heterocycles. The summed E-state index contributed by atoms with van der Waals surface area (Å²) in [6.45, 7) is 0.461. The van der Waals surface area contributed by atoms with E-state index in [0.29, 0.717) is 22.5 Å². The number of carbonyl (C=O) groups is 1. The highest BCUT2D eigenvalue weighted by Crippen LogP contribution is 2.23. The first-order valence-corrected chi connectivity index (χ1v) is 8.86. The zero-order valence-corrected chi connectivity index (χ0v) is 13.8. The van der Waals surface area contributed by atoms with Crippen LogP contribution in [0, 0.1) is 5.82 Å². The van der Waals surface area contributed by atoms with E-state index in [0.717, 1.165) is 0 Å². The van der Waals surface area contributed by atoms with Gasteiger partial charge < -0.3 is 10.1 Å². The van der Waals surface area contributed by atoms with Crippen LogP contribution >= 0.6 is 0 Å². The highest BCUT2D eigenvalue weighted by atomic mass is 32.2. The normalized spacial score (nSPS) is 17.8. The van der Waals surface area contributed by atoms with Gasteiger partial charge in [0.1, 0.15) is 28.8 Å². The minimum absolute atomic E-state index is 0.0567. The molecule has 25 heavy (non-hydrogen) atoms. The van der Waals surface area contributed by atoms with E-state index in [1.807, 2.05) is 0 Å². The number of aromatic nitrogens is 3. The molecule has 1 N–H and O–H groups in total. The maximum atomic E-state index is 13.6. The number of carbonyl (C=O) groups excluding carboxylic acids is 1. The number of benzene rings is 1. The second kappa shape index (κ2) is 6.25. The lowest BCUT2D eigenvalue weighted by Gasteiger charge is -2.11. The molecule has 4 rings (SSSR count). The van der Waals surface area contributed by atoms with Crippen molar-refractivity contribution < 1.29 is 18.1 Å². The van der Waals surface area contributed by atoms with Crippen molar-refractivity contribution in [1.29, 1.82) is 0 Å². The van der Waals surface area contributed by atoms with E-state index in [1.54, 1.807) is 12.3 Å². The quantitative estimate of drug-likeness (QED) is 0.611. The number of halogens is 1. The van der Waals surface area contributed by atoms with Crippen LogP contribution in [0.1, 0.15) is 15.9 Å². The number of nitrogens with zero attached hydrogens (tertiary/aromatic N) is 3. The van der Waals surface area contributed by atoms with Gasteiger partial charge >= 0.3 is 0 Å². The van der Waals surface area contributed by atoms with Crippen LogP contribution in [-0.2, 0) is 16.6 Å². The molecule has 1 aromatic carbocycles. The first kappa shape index (κ1) is 15.7. The van der Waals surface area contributed by atoms with Gasteiger partial charge in [0.2, 0.25) is 0 Å². The van der Waals surface area contributed by atoms with Crippen molar-refractivity contribution in [2.75, 3.05) is 13.2 Å². The summed E-state index contributed by atoms with van der Waals surface area (Å²) in [7, 11) is -1.53. The Hall–Kier alpha value is -2.81. The molecule has 3 aromatic rings. The Bertz CT molecular complexity index is 1000. The smallest absolute Gasteiger partial charge is 0.256 e. The molecule has 128 valence electrons. The minimum atomic E-state index is -1.53. The topological polar surface area (TPSA) is 85.6 Å². The van der Waals surface area contributed by atoms with Gasteiger partial charge in [0.05, 0.1) is 29.3 Å². The third-order valence-electron chi connectivity index (χ3n) is 3.78. The zero-order valence-electron chi connectivity index (χ0n) is 12.9. The van der Waals surface area contributed by atoms with E-state index in [9.17, 15) is 13.4 Å². The fraction of sp³-hybridized carbons (Fsp3) is 0.188. The van der Waals surface area contributed by atoms with Gasteiger partial charge in [-0.1, -0.05) is 0 Å². The summed E-state index contributed by atoms with van der Waals surface area (Å²) in [4.78, 5) is 16.6. The van der Waals surface area contributed by atoms with Crippen molar-refractivity contribution >= 4 is 22.4 Å². The summed E-state index contributed by atoms with van der Waals surface area (Å²) in [5, 5.41) is 7.08. The number of hydrogen-bond donors (Lipinski definition) is 1. The molecule has 2 bridgehead atoms. The SMILES string of the molecule is O=C1NCCOc2ccc(F)cc2CS(=O)c2ccn3ncc1c3n2. The van der Waals surface area contributed by atoms with Crippen LogP contribution in [0.15, 0.2) is 41.7 Å². The summed E-state index contributed by atoms with van der Waals surface area (Å²) >= 11 is 0. The van der Waals surface area contributed by atoms with E-state index >= 15 is 0 Å². The van der Waals surface area contributed by atoms with E-state index in [2.05, 4.69) is 15.4 Å². The summed E-state index contributed by atoms with van der Waals surface area (Å²) in [5.41, 5.74) is 1.10. The second-order valence-corrected chi connectivity index (χ2v) is 6.84. The van der Waals surface area contributed by atoms with Crippen LogP contribution in [0.5, 0.6) is 5.75 Å². The lowest BCUT2D eigenvalue weighted by Crippen LogP contribution is -2.28. The average Bonchev–Trinajstić information content (AvgIpc) is 3.02. The molecule has 0 radical (unpaired) electrons. The van der Waals surface area contributed by atoms with Gasteiger partial charge in [-0.15, -0.1) is 0 Å². The summed E-state index contributed by atoms with van der Waals surface area (Å²) in [6.07, 6.45) is 3.00. The molecule has 0 saturated carbocycles. The number of amides is 1. The van der Waals surface area contributed by atoms with E-state index < -0.39 is 16.6 Å². The molecule has 9 heteroatoms. The summed E-state index contributed by atoms with van der Waals surface area (Å²) in [5.74, 6) is -0.278. The minimum Gasteiger partial charge on any atom is -0.491 e. The number of fused-ring (bicyclic) bond motifs is 2. The van der Waals surface area contributed by atoms with Gasteiger partial charge in [0, 0.05) is 11.8 Å². The van der Waals surface area contributed by atoms with Crippen LogP contribution in [0.25, 0.3) is 5.65 Å². The fourth-order valence-electron chi connectivity index (χ4n) is 2.58. The van der Waals surface area contributed by atoms with Crippen molar-refractivity contribution in [1.82, 2.24) is 19.9 Å². The molecule has 1 unspecified atom stereocenters. The molecule has 0 saturated heterocycles. The standard InChI is InChI=1S/C16H13FN4O3S/c17-11-1-2-13-10(7-11)9-25(23)14-3-5-21-15(20-14)12(8-19-21)16(22)18-4-6-24-13/h1-3,5,7-8H,4,6,9H2,(H,18,22). The highest BCUT2D eigenvalue weighted by Gasteiger charge is 2.18. The van der Waals surface area contributed by atoms with E-state index in [1.165, 1.54) is 28.9 Å². The Balaban J connectivity index is 1.81. The molecule has 1 amide bonds. The summed E-state index contributed by atoms with van der Waals surface area (Å²) < 4.78 is 33.3. The maximum Gasteiger partial charge on any atom is 0.256 e. The first-order valence-electron chi connectivity index (χ1n) is 7.54. The molecule has 7 nitrogen and oxygen atoms in total. The van der Waals surface area contributed by atoms with E-state index in [4.69, 9.17) is 4.74 Å². The van der Waals surface area contributed by atoms with Crippen molar-refractivity contribution in [3.05, 3.63) is 53.6 Å². The number of rotatable bonds is 0. The average molecular weight is 360 g/mol. The summed E-state index contributed by atoms with van der Waals surface area (Å²) in [6, 6.07) is 5.64. The van der Waals surface area contributed by atoms with Crippen LogP contribution in [0.4, 0.5) is 4.39 Å². The Labute approximate surface area is 144 Å². The number of ether oxygens (including phenoxy) is 1. The van der Waals surface area contributed by atoms with Crippen LogP contribution in [0.3, 0.4) is 0 Å². The maximum absolute atomic E-state index is 13.6. The highest BCUT2D eigenvalue weighted by molar-refractivity contribution is 7.84. The Kier molecular flexibility index (Phi) is 3.92. The fourth-order valence-corrected chi connectivity index (χ4v) is 3.63. The Morgan fingerprint density at radius 3 is 3.08 bits per heavy atom. The second-order valence-electron chi connectivity index (χ2n) is 5.44. The molecule has 0 spiro atoms. The van der Waals surface area contributed by atoms with Crippen LogP contribution in [-0.4, -0.2) is 37.9 Å². The van der Waals surface area contributed by atoms with Crippen molar-refractivity contribution in [2.45, 2.75) is 10.8 Å². The molecule has 0 fully saturated rings. The predicted octanol–water partition coefficient (Wildman–Crippen LogP) is 1.30. The molecule has 1 aliphatic rings. The monoisotopic (exact) mass is 360 g/mol. The van der Waals surface area contributed by atoms with Gasteiger partial charge in [-0.3, -0.25) is 9.00 Å². The molecular weight excluding hydrogens is 347 g/mol. The van der Waals surface area contributed by atoms with Gasteiger partial charge in [-0.05, 0) is 24.3 Å². The van der Waals surface area contributed by atoms with Crippen molar-refractivity contribution in [3.8, 4) is 5.75 Å². The number of nitrogens with one attached hydrogen (secondary N) is 1. The van der Waals surface area contributed by atoms with Crippen molar-refractivity contribution in [3.63, 3.8) is 0 Å². The molecule has 3 heterocycles. The predicted molar refractivity (Wildman–Crippen MR) is 87.3 cm³/mol. The van der Waals surface area contributed by atoms with Gasteiger partial charge in [0.25, 0.3) is 5.91 Å². The molecule has 1 atom stereocenters.